The first-order chi connectivity index (χ1) is 27.7. The fourth-order valence-electron chi connectivity index (χ4n) is 5.88. The molecular formula is C39H39F7N6O7. The number of alkyl halides is 6. The molecule has 5 aromatic rings. The van der Waals surface area contributed by atoms with E-state index in [0.717, 1.165) is 47.8 Å². The van der Waals surface area contributed by atoms with E-state index in [0.29, 0.717) is 35.0 Å². The SMILES string of the molecule is CCc1cc(OC2CCN(C)CC2)c(F)c(C(Nc2ccc3c(N)nccc3c2)c2nc(-c3ccccc3)cn2CC(=O)O)c1.O=C(O)C(F)(F)F.O=C(O)C(F)(F)F. The topological polar surface area (TPSA) is 193 Å². The lowest BCUT2D eigenvalue weighted by Crippen LogP contribution is -2.35. The summed E-state index contributed by atoms with van der Waals surface area (Å²) >= 11 is 0. The summed E-state index contributed by atoms with van der Waals surface area (Å²) in [6.45, 7) is 3.43. The van der Waals surface area contributed by atoms with Crippen molar-refractivity contribution in [3.63, 3.8) is 0 Å². The van der Waals surface area contributed by atoms with Gasteiger partial charge in [0.1, 0.15) is 30.3 Å². The molecule has 0 amide bonds. The standard InChI is InChI=1S/C35H37FN6O3.2C2HF3O2/c1-3-22-17-28(32(36)30(18-22)45-26-12-15-41(2)16-13-26)33(39-25-9-10-27-24(19-25)11-14-38-34(27)37)35-40-29(20-42(35)21-31(43)44)23-7-5-4-6-8-23;2*3-2(4,5)1(6)7/h4-11,14,17-20,26,33,39H,3,12-13,15-16,21H2,1-2H3,(H2,37,38)(H,43,44);2*(H,6,7). The van der Waals surface area contributed by atoms with Gasteiger partial charge in [0.25, 0.3) is 0 Å². The van der Waals surface area contributed by atoms with E-state index in [9.17, 15) is 36.2 Å². The monoisotopic (exact) mass is 836 g/mol. The summed E-state index contributed by atoms with van der Waals surface area (Å²) in [7, 11) is 2.07. The highest BCUT2D eigenvalue weighted by atomic mass is 19.4. The highest BCUT2D eigenvalue weighted by Crippen LogP contribution is 2.36. The highest BCUT2D eigenvalue weighted by molar-refractivity contribution is 5.93. The van der Waals surface area contributed by atoms with Crippen molar-refractivity contribution in [3.8, 4) is 17.0 Å². The molecule has 1 saturated heterocycles. The number of pyridine rings is 1. The van der Waals surface area contributed by atoms with Crippen LogP contribution in [0.4, 0.5) is 42.2 Å². The Morgan fingerprint density at radius 1 is 0.932 bits per heavy atom. The van der Waals surface area contributed by atoms with Crippen LogP contribution in [0.25, 0.3) is 22.0 Å². The molecule has 1 aliphatic heterocycles. The Balaban J connectivity index is 0.000000471. The average Bonchev–Trinajstić information content (AvgIpc) is 3.58. The first-order valence-corrected chi connectivity index (χ1v) is 17.7. The van der Waals surface area contributed by atoms with E-state index in [2.05, 4.69) is 22.2 Å². The second-order valence-corrected chi connectivity index (χ2v) is 13.2. The van der Waals surface area contributed by atoms with Gasteiger partial charge < -0.3 is 40.6 Å². The molecular weight excluding hydrogens is 797 g/mol. The molecule has 20 heteroatoms. The van der Waals surface area contributed by atoms with Gasteiger partial charge in [0.15, 0.2) is 11.6 Å². The summed E-state index contributed by atoms with van der Waals surface area (Å²) in [5.41, 5.74) is 9.42. The number of nitrogens with two attached hydrogens (primary N) is 1. The Morgan fingerprint density at radius 3 is 2.10 bits per heavy atom. The minimum Gasteiger partial charge on any atom is -0.487 e. The third-order valence-electron chi connectivity index (χ3n) is 8.84. The van der Waals surface area contributed by atoms with Crippen LogP contribution in [0.5, 0.6) is 5.75 Å². The van der Waals surface area contributed by atoms with Gasteiger partial charge in [0.2, 0.25) is 0 Å². The number of benzene rings is 3. The summed E-state index contributed by atoms with van der Waals surface area (Å²) in [6.07, 6.45) is -4.64. The number of nitrogens with zero attached hydrogens (tertiary/aromatic N) is 4. The summed E-state index contributed by atoms with van der Waals surface area (Å²) in [4.78, 5) is 41.2. The predicted molar refractivity (Wildman–Crippen MR) is 201 cm³/mol. The Bertz CT molecular complexity index is 2220. The Hall–Kier alpha value is -6.44. The van der Waals surface area contributed by atoms with E-state index in [4.69, 9.17) is 35.3 Å². The minimum atomic E-state index is -5.08. The van der Waals surface area contributed by atoms with E-state index in [1.54, 1.807) is 23.0 Å². The fraction of sp³-hybridized carbons (Fsp3) is 0.308. The zero-order valence-electron chi connectivity index (χ0n) is 31.4. The van der Waals surface area contributed by atoms with E-state index < -0.39 is 42.1 Å². The van der Waals surface area contributed by atoms with Crippen molar-refractivity contribution in [2.24, 2.45) is 0 Å². The maximum Gasteiger partial charge on any atom is 0.490 e. The fourth-order valence-corrected chi connectivity index (χ4v) is 5.88. The summed E-state index contributed by atoms with van der Waals surface area (Å²) in [5.74, 6) is -6.07. The van der Waals surface area contributed by atoms with Gasteiger partial charge in [0, 0.05) is 47.7 Å². The van der Waals surface area contributed by atoms with Crippen molar-refractivity contribution < 1.29 is 65.2 Å². The van der Waals surface area contributed by atoms with Crippen molar-refractivity contribution in [3.05, 3.63) is 102 Å². The van der Waals surface area contributed by atoms with Gasteiger partial charge in [-0.3, -0.25) is 4.79 Å². The van der Waals surface area contributed by atoms with Gasteiger partial charge in [-0.15, -0.1) is 0 Å². The van der Waals surface area contributed by atoms with Crippen LogP contribution in [0.15, 0.2) is 79.1 Å². The van der Waals surface area contributed by atoms with Crippen LogP contribution in [0.1, 0.15) is 42.8 Å². The molecule has 1 atom stereocenters. The number of nitrogens with one attached hydrogen (secondary N) is 1. The number of nitrogen functional groups attached to an aromatic ring is 1. The molecule has 0 radical (unpaired) electrons. The number of halogens is 7. The van der Waals surface area contributed by atoms with Crippen LogP contribution in [0.3, 0.4) is 0 Å². The van der Waals surface area contributed by atoms with E-state index in [1.807, 2.05) is 67.6 Å². The molecule has 6 N–H and O–H groups in total. The van der Waals surface area contributed by atoms with Gasteiger partial charge >= 0.3 is 30.3 Å². The molecule has 59 heavy (non-hydrogen) atoms. The maximum absolute atomic E-state index is 16.7. The molecule has 3 heterocycles. The lowest BCUT2D eigenvalue weighted by Gasteiger charge is -2.30. The van der Waals surface area contributed by atoms with Crippen molar-refractivity contribution in [1.82, 2.24) is 19.4 Å². The van der Waals surface area contributed by atoms with Crippen molar-refractivity contribution >= 4 is 40.2 Å². The first-order valence-electron chi connectivity index (χ1n) is 17.7. The van der Waals surface area contributed by atoms with Gasteiger partial charge in [-0.2, -0.15) is 26.3 Å². The maximum atomic E-state index is 16.7. The number of aromatic nitrogens is 3. The van der Waals surface area contributed by atoms with Crippen LogP contribution in [0.2, 0.25) is 0 Å². The van der Waals surface area contributed by atoms with E-state index >= 15 is 4.39 Å². The Labute approximate surface area is 331 Å². The molecule has 0 aliphatic carbocycles. The molecule has 316 valence electrons. The second kappa shape index (κ2) is 19.3. The second-order valence-electron chi connectivity index (χ2n) is 13.2. The molecule has 6 rings (SSSR count). The van der Waals surface area contributed by atoms with Gasteiger partial charge in [0.05, 0.1) is 5.69 Å². The summed E-state index contributed by atoms with van der Waals surface area (Å²) < 4.78 is 88.1. The predicted octanol–water partition coefficient (Wildman–Crippen LogP) is 7.41. The van der Waals surface area contributed by atoms with Crippen LogP contribution in [-0.4, -0.2) is 91.3 Å². The van der Waals surface area contributed by atoms with Crippen molar-refractivity contribution in [2.75, 3.05) is 31.2 Å². The molecule has 0 spiro atoms. The Morgan fingerprint density at radius 2 is 1.54 bits per heavy atom. The lowest BCUT2D eigenvalue weighted by atomic mass is 9.99. The number of hydrogen-bond acceptors (Lipinski definition) is 9. The first kappa shape index (κ1) is 45.3. The Kier molecular flexibility index (Phi) is 14.8. The molecule has 3 aromatic carbocycles. The van der Waals surface area contributed by atoms with Crippen LogP contribution in [0, 0.1) is 5.82 Å². The number of imidazole rings is 1. The van der Waals surface area contributed by atoms with E-state index in [-0.39, 0.29) is 18.4 Å². The summed E-state index contributed by atoms with van der Waals surface area (Å²) in [6, 6.07) is 19.8. The van der Waals surface area contributed by atoms with Crippen LogP contribution < -0.4 is 15.8 Å². The number of piperidine rings is 1. The summed E-state index contributed by atoms with van der Waals surface area (Å²) in [5, 5.41) is 29.3. The molecule has 0 saturated carbocycles. The number of aryl methyl sites for hydroxylation is 1. The van der Waals surface area contributed by atoms with Gasteiger partial charge in [-0.25, -0.2) is 23.9 Å². The number of ether oxygens (including phenoxy) is 1. The zero-order chi connectivity index (χ0) is 43.7. The third-order valence-corrected chi connectivity index (χ3v) is 8.84. The number of carboxylic acids is 3. The molecule has 13 nitrogen and oxygen atoms in total. The van der Waals surface area contributed by atoms with Crippen LogP contribution >= 0.6 is 0 Å². The number of carboxylic acid groups (broad SMARTS) is 3. The molecule has 0 bridgehead atoms. The van der Waals surface area contributed by atoms with E-state index in [1.165, 1.54) is 0 Å². The van der Waals surface area contributed by atoms with Gasteiger partial charge in [-0.05, 0) is 67.6 Å². The quantitative estimate of drug-likeness (QED) is 0.0877. The molecule has 2 aromatic heterocycles. The largest absolute Gasteiger partial charge is 0.490 e. The average molecular weight is 837 g/mol. The number of aliphatic carboxylic acids is 3. The number of fused-ring (bicyclic) bond motifs is 1. The molecule has 1 fully saturated rings. The zero-order valence-corrected chi connectivity index (χ0v) is 31.4. The van der Waals surface area contributed by atoms with Crippen molar-refractivity contribution in [2.45, 2.75) is 57.2 Å². The number of carbonyl (C=O) groups is 3. The number of rotatable bonds is 10. The highest BCUT2D eigenvalue weighted by Gasteiger charge is 2.39. The normalized spacial score (nSPS) is 14.0. The lowest BCUT2D eigenvalue weighted by molar-refractivity contribution is -0.193. The minimum absolute atomic E-state index is 0.0969. The van der Waals surface area contributed by atoms with Crippen molar-refractivity contribution in [1.29, 1.82) is 0 Å². The smallest absolute Gasteiger partial charge is 0.487 e. The number of hydrogen-bond donors (Lipinski definition) is 5. The molecule has 1 aliphatic rings. The number of likely N-dealkylation sites (tertiary alicyclic amines) is 1. The van der Waals surface area contributed by atoms with Gasteiger partial charge in [-0.1, -0.05) is 43.3 Å². The number of anilines is 2. The third kappa shape index (κ3) is 12.5. The van der Waals surface area contributed by atoms with Crippen LogP contribution in [-0.2, 0) is 27.3 Å². The molecule has 1 unspecified atom stereocenters.